The number of carbonyl (C=O) groups excluding carboxylic acids is 2. The van der Waals surface area contributed by atoms with Crippen LogP contribution >= 0.6 is 0 Å². The minimum atomic E-state index is -4.46. The third-order valence-corrected chi connectivity index (χ3v) is 6.40. The van der Waals surface area contributed by atoms with Crippen molar-refractivity contribution in [2.45, 2.75) is 49.9 Å². The molecule has 2 amide bonds. The predicted octanol–water partition coefficient (Wildman–Crippen LogP) is 3.27. The molecular formula is C23H23F3N4O3. The molecule has 0 unspecified atom stereocenters. The molecule has 10 heteroatoms. The summed E-state index contributed by atoms with van der Waals surface area (Å²) < 4.78 is 44.4. The molecule has 1 aromatic carbocycles. The maximum absolute atomic E-state index is 12.9. The molecule has 174 valence electrons. The summed E-state index contributed by atoms with van der Waals surface area (Å²) in [6.45, 7) is 0.931. The Morgan fingerprint density at radius 2 is 1.82 bits per heavy atom. The summed E-state index contributed by atoms with van der Waals surface area (Å²) in [5, 5.41) is 0. The van der Waals surface area contributed by atoms with E-state index in [1.165, 1.54) is 17.0 Å². The summed E-state index contributed by atoms with van der Waals surface area (Å²) in [4.78, 5) is 37.6. The monoisotopic (exact) mass is 460 g/mol. The van der Waals surface area contributed by atoms with Crippen molar-refractivity contribution in [2.24, 2.45) is 0 Å². The first-order valence-electron chi connectivity index (χ1n) is 11.0. The predicted molar refractivity (Wildman–Crippen MR) is 111 cm³/mol. The van der Waals surface area contributed by atoms with Crippen LogP contribution < -0.4 is 4.74 Å². The SMILES string of the molecule is O=C(c1ccc(C(F)(F)F)cc1)N1CCC(=O)N2C[C@H](Oc3cnc(C4CC4)cn3)C[C@@H]2C1. The second-order valence-electron chi connectivity index (χ2n) is 8.81. The van der Waals surface area contributed by atoms with Gasteiger partial charge in [-0.15, -0.1) is 0 Å². The van der Waals surface area contributed by atoms with E-state index in [-0.39, 0.29) is 42.5 Å². The minimum Gasteiger partial charge on any atom is -0.471 e. The highest BCUT2D eigenvalue weighted by molar-refractivity contribution is 5.94. The fraction of sp³-hybridized carbons (Fsp3) is 0.478. The van der Waals surface area contributed by atoms with Gasteiger partial charge in [0.05, 0.1) is 36.2 Å². The number of hydrogen-bond donors (Lipinski definition) is 0. The molecule has 0 bridgehead atoms. The van der Waals surface area contributed by atoms with E-state index in [0.717, 1.165) is 30.7 Å². The molecule has 3 aliphatic rings. The Morgan fingerprint density at radius 1 is 1.06 bits per heavy atom. The zero-order valence-corrected chi connectivity index (χ0v) is 17.8. The van der Waals surface area contributed by atoms with Crippen LogP contribution in [-0.4, -0.2) is 63.4 Å². The Bertz CT molecular complexity index is 1040. The Labute approximate surface area is 188 Å². The fourth-order valence-electron chi connectivity index (χ4n) is 4.47. The van der Waals surface area contributed by atoms with Gasteiger partial charge in [-0.05, 0) is 37.1 Å². The van der Waals surface area contributed by atoms with Crippen LogP contribution in [0.25, 0.3) is 0 Å². The molecule has 1 aromatic heterocycles. The molecule has 0 N–H and O–H groups in total. The van der Waals surface area contributed by atoms with Crippen molar-refractivity contribution in [3.8, 4) is 5.88 Å². The minimum absolute atomic E-state index is 0.0658. The largest absolute Gasteiger partial charge is 0.471 e. The van der Waals surface area contributed by atoms with Gasteiger partial charge in [-0.1, -0.05) is 0 Å². The lowest BCUT2D eigenvalue weighted by molar-refractivity contribution is -0.137. The van der Waals surface area contributed by atoms with Crippen LogP contribution in [0.15, 0.2) is 36.7 Å². The fourth-order valence-corrected chi connectivity index (χ4v) is 4.47. The van der Waals surface area contributed by atoms with E-state index in [2.05, 4.69) is 9.97 Å². The van der Waals surface area contributed by atoms with Crippen molar-refractivity contribution in [2.75, 3.05) is 19.6 Å². The van der Waals surface area contributed by atoms with Crippen molar-refractivity contribution in [1.29, 1.82) is 0 Å². The average Bonchev–Trinajstić information content (AvgIpc) is 3.59. The number of rotatable bonds is 4. The first-order chi connectivity index (χ1) is 15.8. The van der Waals surface area contributed by atoms with Crippen molar-refractivity contribution < 1.29 is 27.5 Å². The molecule has 3 heterocycles. The van der Waals surface area contributed by atoms with E-state index in [0.29, 0.717) is 31.3 Å². The van der Waals surface area contributed by atoms with Crippen LogP contribution in [0.3, 0.4) is 0 Å². The van der Waals surface area contributed by atoms with E-state index in [1.54, 1.807) is 17.3 Å². The lowest BCUT2D eigenvalue weighted by atomic mass is 10.1. The zero-order chi connectivity index (χ0) is 23.2. The summed E-state index contributed by atoms with van der Waals surface area (Å²) >= 11 is 0. The van der Waals surface area contributed by atoms with E-state index in [1.807, 2.05) is 0 Å². The summed E-state index contributed by atoms with van der Waals surface area (Å²) in [7, 11) is 0. The summed E-state index contributed by atoms with van der Waals surface area (Å²) in [6, 6.07) is 3.94. The molecule has 2 aromatic rings. The van der Waals surface area contributed by atoms with Crippen LogP contribution in [0.1, 0.15) is 53.2 Å². The molecule has 33 heavy (non-hydrogen) atoms. The third-order valence-electron chi connectivity index (χ3n) is 6.40. The molecule has 2 saturated heterocycles. The number of alkyl halides is 3. The molecular weight excluding hydrogens is 437 g/mol. The molecule has 2 aliphatic heterocycles. The maximum Gasteiger partial charge on any atom is 0.416 e. The summed E-state index contributed by atoms with van der Waals surface area (Å²) in [5.74, 6) is 0.460. The molecule has 5 rings (SSSR count). The van der Waals surface area contributed by atoms with Crippen molar-refractivity contribution >= 4 is 11.8 Å². The Hall–Kier alpha value is -3.17. The van der Waals surface area contributed by atoms with Crippen LogP contribution in [0.4, 0.5) is 13.2 Å². The van der Waals surface area contributed by atoms with Gasteiger partial charge in [-0.25, -0.2) is 4.98 Å². The van der Waals surface area contributed by atoms with Gasteiger partial charge in [-0.2, -0.15) is 13.2 Å². The molecule has 2 atom stereocenters. The molecule has 7 nitrogen and oxygen atoms in total. The average molecular weight is 460 g/mol. The Morgan fingerprint density at radius 3 is 2.45 bits per heavy atom. The molecule has 3 fully saturated rings. The number of hydrogen-bond acceptors (Lipinski definition) is 5. The zero-order valence-electron chi connectivity index (χ0n) is 17.8. The summed E-state index contributed by atoms with van der Waals surface area (Å²) in [5.41, 5.74) is 0.330. The number of aromatic nitrogens is 2. The Kier molecular flexibility index (Phi) is 5.46. The lowest BCUT2D eigenvalue weighted by Gasteiger charge is -2.25. The molecule has 0 spiro atoms. The number of nitrogens with zero attached hydrogens (tertiary/aromatic N) is 4. The molecule has 1 saturated carbocycles. The summed E-state index contributed by atoms with van der Waals surface area (Å²) in [6.07, 6.45) is 1.59. The maximum atomic E-state index is 12.9. The first kappa shape index (κ1) is 21.7. The van der Waals surface area contributed by atoms with Crippen LogP contribution in [0.5, 0.6) is 5.88 Å². The smallest absolute Gasteiger partial charge is 0.416 e. The molecule has 1 aliphatic carbocycles. The van der Waals surface area contributed by atoms with Crippen molar-refractivity contribution in [3.63, 3.8) is 0 Å². The van der Waals surface area contributed by atoms with E-state index >= 15 is 0 Å². The second kappa shape index (κ2) is 8.31. The van der Waals surface area contributed by atoms with Gasteiger partial charge < -0.3 is 14.5 Å². The highest BCUT2D eigenvalue weighted by Gasteiger charge is 2.40. The number of ether oxygens (including phenoxy) is 1. The van der Waals surface area contributed by atoms with Gasteiger partial charge in [0.15, 0.2) is 0 Å². The lowest BCUT2D eigenvalue weighted by Crippen LogP contribution is -2.40. The normalized spacial score (nSPS) is 23.3. The Balaban J connectivity index is 1.24. The van der Waals surface area contributed by atoms with Gasteiger partial charge in [0, 0.05) is 37.4 Å². The number of fused-ring (bicyclic) bond motifs is 1. The quantitative estimate of drug-likeness (QED) is 0.700. The molecule has 0 radical (unpaired) electrons. The van der Waals surface area contributed by atoms with Gasteiger partial charge in [0.2, 0.25) is 11.8 Å². The first-order valence-corrected chi connectivity index (χ1v) is 11.0. The number of benzene rings is 1. The topological polar surface area (TPSA) is 75.6 Å². The second-order valence-corrected chi connectivity index (χ2v) is 8.81. The van der Waals surface area contributed by atoms with Crippen molar-refractivity contribution in [1.82, 2.24) is 19.8 Å². The standard InChI is InChI=1S/C23H23F3N4O3/c24-23(25,26)16-5-3-15(4-6-16)22(32)29-8-7-21(31)30-13-18(9-17(30)12-29)33-20-11-27-19(10-28-20)14-1-2-14/h3-6,10-11,14,17-18H,1-2,7-9,12-13H2/t17-,18-/m1/s1. The van der Waals surface area contributed by atoms with Gasteiger partial charge in [0.25, 0.3) is 5.91 Å². The van der Waals surface area contributed by atoms with E-state index in [4.69, 9.17) is 4.74 Å². The number of carbonyl (C=O) groups is 2. The van der Waals surface area contributed by atoms with Crippen LogP contribution in [-0.2, 0) is 11.0 Å². The third kappa shape index (κ3) is 4.65. The van der Waals surface area contributed by atoms with E-state index in [9.17, 15) is 22.8 Å². The van der Waals surface area contributed by atoms with E-state index < -0.39 is 11.7 Å². The van der Waals surface area contributed by atoms with Gasteiger partial charge >= 0.3 is 6.18 Å². The highest BCUT2D eigenvalue weighted by Crippen LogP contribution is 2.38. The van der Waals surface area contributed by atoms with Crippen LogP contribution in [0, 0.1) is 0 Å². The van der Waals surface area contributed by atoms with Crippen molar-refractivity contribution in [3.05, 3.63) is 53.5 Å². The van der Waals surface area contributed by atoms with Crippen LogP contribution in [0.2, 0.25) is 0 Å². The van der Waals surface area contributed by atoms with Gasteiger partial charge in [0.1, 0.15) is 6.10 Å². The number of amides is 2. The number of halogens is 3. The van der Waals surface area contributed by atoms with Gasteiger partial charge in [-0.3, -0.25) is 14.6 Å². The highest BCUT2D eigenvalue weighted by atomic mass is 19.4.